The number of carbonyl (C=O) groups is 1. The molecule has 1 heterocycles. The third-order valence-corrected chi connectivity index (χ3v) is 1.87. The summed E-state index contributed by atoms with van der Waals surface area (Å²) in [6.07, 6.45) is 2.33. The van der Waals surface area contributed by atoms with Crippen molar-refractivity contribution in [2.24, 2.45) is 5.73 Å². The van der Waals surface area contributed by atoms with Gasteiger partial charge in [0, 0.05) is 12.0 Å². The fraction of sp³-hybridized carbons (Fsp3) is 0.444. The summed E-state index contributed by atoms with van der Waals surface area (Å²) in [4.78, 5) is 10.9. The Balaban J connectivity index is 2.93. The lowest BCUT2D eigenvalue weighted by atomic mass is 10.0. The Morgan fingerprint density at radius 2 is 2.42 bits per heavy atom. The zero-order valence-corrected chi connectivity index (χ0v) is 7.33. The van der Waals surface area contributed by atoms with Crippen molar-refractivity contribution < 1.29 is 9.21 Å². The van der Waals surface area contributed by atoms with Gasteiger partial charge in [-0.2, -0.15) is 0 Å². The van der Waals surface area contributed by atoms with Gasteiger partial charge in [0.1, 0.15) is 5.76 Å². The molecule has 0 spiro atoms. The van der Waals surface area contributed by atoms with Gasteiger partial charge in [-0.05, 0) is 13.0 Å². The van der Waals surface area contributed by atoms with Crippen molar-refractivity contribution in [3.63, 3.8) is 0 Å². The Bertz CT molecular complexity index is 278. The van der Waals surface area contributed by atoms with Crippen molar-refractivity contribution in [1.82, 2.24) is 0 Å². The molecule has 0 saturated carbocycles. The number of hydrogen-bond donors (Lipinski definition) is 1. The molecule has 2 N–H and O–H groups in total. The molecule has 3 heteroatoms. The van der Waals surface area contributed by atoms with Crippen LogP contribution in [0, 0.1) is 0 Å². The average molecular weight is 167 g/mol. The number of nitrogens with two attached hydrogens (primary N) is 1. The van der Waals surface area contributed by atoms with Gasteiger partial charge in [-0.1, -0.05) is 6.92 Å². The van der Waals surface area contributed by atoms with Crippen LogP contribution in [-0.2, 0) is 11.2 Å². The van der Waals surface area contributed by atoms with Crippen LogP contribution in [0.2, 0.25) is 0 Å². The minimum absolute atomic E-state index is 0.0360. The molecular weight excluding hydrogens is 154 g/mol. The van der Waals surface area contributed by atoms with E-state index in [9.17, 15) is 4.79 Å². The van der Waals surface area contributed by atoms with Gasteiger partial charge in [0.2, 0.25) is 0 Å². The van der Waals surface area contributed by atoms with Gasteiger partial charge in [-0.15, -0.1) is 0 Å². The van der Waals surface area contributed by atoms with Crippen molar-refractivity contribution in [1.29, 1.82) is 0 Å². The molecule has 1 aromatic rings. The van der Waals surface area contributed by atoms with E-state index in [1.165, 1.54) is 6.92 Å². The van der Waals surface area contributed by atoms with Crippen LogP contribution in [0.1, 0.15) is 31.2 Å². The highest BCUT2D eigenvalue weighted by Gasteiger charge is 2.16. The fourth-order valence-electron chi connectivity index (χ4n) is 1.13. The minimum atomic E-state index is -0.529. The van der Waals surface area contributed by atoms with Crippen LogP contribution in [0.25, 0.3) is 0 Å². The maximum absolute atomic E-state index is 10.9. The molecule has 0 bridgehead atoms. The summed E-state index contributed by atoms with van der Waals surface area (Å²) >= 11 is 0. The van der Waals surface area contributed by atoms with Crippen LogP contribution >= 0.6 is 0 Å². The lowest BCUT2D eigenvalue weighted by Gasteiger charge is -2.05. The Labute approximate surface area is 71.6 Å². The first kappa shape index (κ1) is 9.00. The van der Waals surface area contributed by atoms with Gasteiger partial charge in [0.15, 0.2) is 5.78 Å². The lowest BCUT2D eigenvalue weighted by molar-refractivity contribution is -0.118. The van der Waals surface area contributed by atoms with Crippen LogP contribution in [0.4, 0.5) is 0 Å². The number of furan rings is 1. The number of aryl methyl sites for hydroxylation is 1. The largest absolute Gasteiger partial charge is 0.469 e. The average Bonchev–Trinajstić information content (AvgIpc) is 2.49. The molecule has 12 heavy (non-hydrogen) atoms. The first-order valence-corrected chi connectivity index (χ1v) is 3.99. The monoisotopic (exact) mass is 167 g/mol. The molecule has 1 rings (SSSR count). The molecular formula is C9H13NO2. The quantitative estimate of drug-likeness (QED) is 0.740. The molecule has 1 aromatic heterocycles. The Hall–Kier alpha value is -1.09. The molecule has 3 nitrogen and oxygen atoms in total. The standard InChI is InChI=1S/C9H13NO2/c1-3-8-7(4-5-12-8)9(10)6(2)11/h4-5,9H,3,10H2,1-2H3. The molecule has 0 fully saturated rings. The second-order valence-electron chi connectivity index (χ2n) is 2.74. The van der Waals surface area contributed by atoms with Crippen LogP contribution in [0.3, 0.4) is 0 Å². The SMILES string of the molecule is CCc1occc1C(N)C(C)=O. The predicted molar refractivity (Wildman–Crippen MR) is 45.7 cm³/mol. The van der Waals surface area contributed by atoms with Crippen LogP contribution in [-0.4, -0.2) is 5.78 Å². The summed E-state index contributed by atoms with van der Waals surface area (Å²) in [6.45, 7) is 3.45. The van der Waals surface area contributed by atoms with Crippen LogP contribution in [0.15, 0.2) is 16.7 Å². The van der Waals surface area contributed by atoms with E-state index in [-0.39, 0.29) is 5.78 Å². The van der Waals surface area contributed by atoms with Crippen LogP contribution < -0.4 is 5.73 Å². The summed E-state index contributed by atoms with van der Waals surface area (Å²) in [7, 11) is 0. The molecule has 1 atom stereocenters. The number of carbonyl (C=O) groups excluding carboxylic acids is 1. The molecule has 0 aliphatic carbocycles. The van der Waals surface area contributed by atoms with E-state index >= 15 is 0 Å². The number of rotatable bonds is 3. The van der Waals surface area contributed by atoms with Crippen molar-refractivity contribution in [2.75, 3.05) is 0 Å². The van der Waals surface area contributed by atoms with Gasteiger partial charge >= 0.3 is 0 Å². The fourth-order valence-corrected chi connectivity index (χ4v) is 1.13. The van der Waals surface area contributed by atoms with Crippen molar-refractivity contribution in [3.05, 3.63) is 23.7 Å². The molecule has 0 aliphatic rings. The smallest absolute Gasteiger partial charge is 0.151 e. The molecule has 0 amide bonds. The highest BCUT2D eigenvalue weighted by Crippen LogP contribution is 2.18. The van der Waals surface area contributed by atoms with Gasteiger partial charge in [0.05, 0.1) is 12.3 Å². The van der Waals surface area contributed by atoms with E-state index in [1.54, 1.807) is 12.3 Å². The number of ketones is 1. The van der Waals surface area contributed by atoms with E-state index in [4.69, 9.17) is 10.2 Å². The van der Waals surface area contributed by atoms with E-state index in [0.29, 0.717) is 0 Å². The first-order valence-electron chi connectivity index (χ1n) is 3.99. The second kappa shape index (κ2) is 3.54. The molecule has 0 radical (unpaired) electrons. The van der Waals surface area contributed by atoms with Gasteiger partial charge in [-0.25, -0.2) is 0 Å². The topological polar surface area (TPSA) is 56.2 Å². The maximum Gasteiger partial charge on any atom is 0.151 e. The van der Waals surface area contributed by atoms with E-state index in [2.05, 4.69) is 0 Å². The summed E-state index contributed by atoms with van der Waals surface area (Å²) in [5.74, 6) is 0.767. The van der Waals surface area contributed by atoms with Crippen molar-refractivity contribution in [2.45, 2.75) is 26.3 Å². The van der Waals surface area contributed by atoms with Gasteiger partial charge < -0.3 is 10.2 Å². The van der Waals surface area contributed by atoms with Crippen LogP contribution in [0.5, 0.6) is 0 Å². The summed E-state index contributed by atoms with van der Waals surface area (Å²) in [5.41, 5.74) is 6.46. The normalized spacial score (nSPS) is 12.9. The van der Waals surface area contributed by atoms with Gasteiger partial charge in [-0.3, -0.25) is 4.79 Å². The molecule has 0 aliphatic heterocycles. The summed E-state index contributed by atoms with van der Waals surface area (Å²) in [6, 6.07) is 1.23. The molecule has 66 valence electrons. The van der Waals surface area contributed by atoms with Gasteiger partial charge in [0.25, 0.3) is 0 Å². The predicted octanol–water partition coefficient (Wildman–Crippen LogP) is 1.43. The zero-order chi connectivity index (χ0) is 9.14. The highest BCUT2D eigenvalue weighted by atomic mass is 16.3. The highest BCUT2D eigenvalue weighted by molar-refractivity contribution is 5.82. The maximum atomic E-state index is 10.9. The zero-order valence-electron chi connectivity index (χ0n) is 7.33. The van der Waals surface area contributed by atoms with Crippen molar-refractivity contribution >= 4 is 5.78 Å². The third-order valence-electron chi connectivity index (χ3n) is 1.87. The Morgan fingerprint density at radius 1 is 1.75 bits per heavy atom. The summed E-state index contributed by atoms with van der Waals surface area (Å²) in [5, 5.41) is 0. The minimum Gasteiger partial charge on any atom is -0.469 e. The third kappa shape index (κ3) is 1.56. The number of Topliss-reactive ketones (excluding diaryl/α,β-unsaturated/α-hetero) is 1. The molecule has 0 saturated heterocycles. The van der Waals surface area contributed by atoms with E-state index in [0.717, 1.165) is 17.7 Å². The van der Waals surface area contributed by atoms with E-state index in [1.807, 2.05) is 6.92 Å². The summed E-state index contributed by atoms with van der Waals surface area (Å²) < 4.78 is 5.15. The molecule has 1 unspecified atom stereocenters. The molecule has 0 aromatic carbocycles. The second-order valence-corrected chi connectivity index (χ2v) is 2.74. The first-order chi connectivity index (χ1) is 5.66. The lowest BCUT2D eigenvalue weighted by Crippen LogP contribution is -2.18. The Morgan fingerprint density at radius 3 is 2.92 bits per heavy atom. The Kier molecular flexibility index (Phi) is 2.65. The number of hydrogen-bond acceptors (Lipinski definition) is 3. The van der Waals surface area contributed by atoms with E-state index < -0.39 is 6.04 Å². The van der Waals surface area contributed by atoms with Crippen molar-refractivity contribution in [3.8, 4) is 0 Å².